The smallest absolute Gasteiger partial charge is 0.387 e. The Morgan fingerprint density at radius 1 is 1.32 bits per heavy atom. The maximum absolute atomic E-state index is 12.3. The summed E-state index contributed by atoms with van der Waals surface area (Å²) in [5.74, 6) is 0.219. The van der Waals surface area contributed by atoms with Crippen molar-refractivity contribution >= 4 is 0 Å². The lowest BCUT2D eigenvalue weighted by molar-refractivity contribution is -0.0505. The van der Waals surface area contributed by atoms with E-state index in [-0.39, 0.29) is 17.8 Å². The summed E-state index contributed by atoms with van der Waals surface area (Å²) in [6.45, 7) is -1.30. The topological polar surface area (TPSA) is 41.5 Å². The van der Waals surface area contributed by atoms with E-state index in [9.17, 15) is 8.78 Å². The van der Waals surface area contributed by atoms with E-state index in [0.717, 1.165) is 31.4 Å². The minimum atomic E-state index is -2.80. The molecule has 0 bridgehead atoms. The van der Waals surface area contributed by atoms with Gasteiger partial charge < -0.3 is 15.2 Å². The van der Waals surface area contributed by atoms with E-state index in [1.807, 2.05) is 0 Å². The van der Waals surface area contributed by atoms with Gasteiger partial charge in [-0.25, -0.2) is 0 Å². The number of aliphatic hydroxyl groups excluding tert-OH is 1. The number of halogens is 2. The molecular formula is C14H19F2NO2. The van der Waals surface area contributed by atoms with E-state index >= 15 is 0 Å². The molecule has 1 fully saturated rings. The summed E-state index contributed by atoms with van der Waals surface area (Å²) < 4.78 is 29.0. The van der Waals surface area contributed by atoms with Crippen LogP contribution in [0.5, 0.6) is 5.75 Å². The molecule has 0 atom stereocenters. The largest absolute Gasteiger partial charge is 0.434 e. The Balaban J connectivity index is 1.85. The van der Waals surface area contributed by atoms with Crippen molar-refractivity contribution in [1.82, 2.24) is 5.32 Å². The van der Waals surface area contributed by atoms with Crippen LogP contribution in [0.2, 0.25) is 0 Å². The van der Waals surface area contributed by atoms with Crippen molar-refractivity contribution in [3.05, 3.63) is 29.8 Å². The van der Waals surface area contributed by atoms with Crippen LogP contribution >= 0.6 is 0 Å². The molecular weight excluding hydrogens is 252 g/mol. The fourth-order valence-corrected chi connectivity index (χ4v) is 2.25. The van der Waals surface area contributed by atoms with Gasteiger partial charge in [0.05, 0.1) is 0 Å². The number of aliphatic hydroxyl groups is 1. The molecule has 1 aromatic carbocycles. The van der Waals surface area contributed by atoms with Gasteiger partial charge in [-0.15, -0.1) is 0 Å². The lowest BCUT2D eigenvalue weighted by Crippen LogP contribution is -2.24. The van der Waals surface area contributed by atoms with Gasteiger partial charge in [-0.3, -0.25) is 0 Å². The molecule has 0 unspecified atom stereocenters. The van der Waals surface area contributed by atoms with E-state index in [2.05, 4.69) is 10.1 Å². The van der Waals surface area contributed by atoms with Gasteiger partial charge in [0.2, 0.25) is 0 Å². The Hall–Kier alpha value is -1.20. The van der Waals surface area contributed by atoms with E-state index in [1.54, 1.807) is 24.3 Å². The predicted molar refractivity (Wildman–Crippen MR) is 68.2 cm³/mol. The summed E-state index contributed by atoms with van der Waals surface area (Å²) in [5.41, 5.74) is 0.940. The van der Waals surface area contributed by atoms with E-state index < -0.39 is 6.61 Å². The standard InChI is InChI=1S/C14H19F2NO2/c15-13(16)19-12-4-2-1-3-11(12)9-17-10-14(5-6-14)7-8-18/h1-4,13,17-18H,5-10H2. The van der Waals surface area contributed by atoms with Crippen molar-refractivity contribution in [3.8, 4) is 5.75 Å². The second kappa shape index (κ2) is 6.30. The van der Waals surface area contributed by atoms with Crippen molar-refractivity contribution in [3.63, 3.8) is 0 Å². The van der Waals surface area contributed by atoms with Crippen LogP contribution in [-0.2, 0) is 6.54 Å². The van der Waals surface area contributed by atoms with Crippen LogP contribution in [0.1, 0.15) is 24.8 Å². The fourth-order valence-electron chi connectivity index (χ4n) is 2.25. The van der Waals surface area contributed by atoms with Gasteiger partial charge in [-0.1, -0.05) is 18.2 Å². The maximum atomic E-state index is 12.3. The van der Waals surface area contributed by atoms with Crippen LogP contribution in [0.4, 0.5) is 8.78 Å². The summed E-state index contributed by atoms with van der Waals surface area (Å²) in [7, 11) is 0. The van der Waals surface area contributed by atoms with E-state index in [0.29, 0.717) is 6.54 Å². The van der Waals surface area contributed by atoms with Gasteiger partial charge in [0, 0.05) is 25.3 Å². The van der Waals surface area contributed by atoms with Crippen molar-refractivity contribution in [2.75, 3.05) is 13.2 Å². The van der Waals surface area contributed by atoms with Crippen LogP contribution in [-0.4, -0.2) is 24.9 Å². The van der Waals surface area contributed by atoms with Crippen LogP contribution in [0.15, 0.2) is 24.3 Å². The average Bonchev–Trinajstić information content (AvgIpc) is 3.11. The quantitative estimate of drug-likeness (QED) is 0.763. The molecule has 2 N–H and O–H groups in total. The molecule has 2 rings (SSSR count). The zero-order valence-electron chi connectivity index (χ0n) is 10.7. The predicted octanol–water partition coefficient (Wildman–Crippen LogP) is 2.54. The first kappa shape index (κ1) is 14.2. The number of para-hydroxylation sites is 1. The highest BCUT2D eigenvalue weighted by atomic mass is 19.3. The lowest BCUT2D eigenvalue weighted by Gasteiger charge is -2.16. The molecule has 1 aliphatic carbocycles. The highest BCUT2D eigenvalue weighted by molar-refractivity contribution is 5.33. The minimum absolute atomic E-state index is 0.201. The monoisotopic (exact) mass is 271 g/mol. The maximum Gasteiger partial charge on any atom is 0.387 e. The molecule has 0 aromatic heterocycles. The average molecular weight is 271 g/mol. The van der Waals surface area contributed by atoms with Crippen molar-refractivity contribution in [2.24, 2.45) is 5.41 Å². The molecule has 106 valence electrons. The van der Waals surface area contributed by atoms with E-state index in [4.69, 9.17) is 5.11 Å². The molecule has 0 saturated heterocycles. The van der Waals surface area contributed by atoms with Crippen LogP contribution < -0.4 is 10.1 Å². The SMILES string of the molecule is OCCC1(CNCc2ccccc2OC(F)F)CC1. The molecule has 3 nitrogen and oxygen atoms in total. The van der Waals surface area contributed by atoms with Gasteiger partial charge >= 0.3 is 6.61 Å². The second-order valence-corrected chi connectivity index (χ2v) is 5.06. The van der Waals surface area contributed by atoms with Gasteiger partial charge in [-0.05, 0) is 30.7 Å². The summed E-state index contributed by atoms with van der Waals surface area (Å²) in [6.07, 6.45) is 3.04. The Morgan fingerprint density at radius 2 is 2.05 bits per heavy atom. The summed E-state index contributed by atoms with van der Waals surface area (Å²) in [5, 5.41) is 12.2. The number of hydrogen-bond acceptors (Lipinski definition) is 3. The molecule has 1 aromatic rings. The number of hydrogen-bond donors (Lipinski definition) is 2. The van der Waals surface area contributed by atoms with Crippen molar-refractivity contribution in [1.29, 1.82) is 0 Å². The van der Waals surface area contributed by atoms with Gasteiger partial charge in [0.15, 0.2) is 0 Å². The number of rotatable bonds is 8. The summed E-state index contributed by atoms with van der Waals surface area (Å²) >= 11 is 0. The summed E-state index contributed by atoms with van der Waals surface area (Å²) in [4.78, 5) is 0. The third kappa shape index (κ3) is 4.14. The highest BCUT2D eigenvalue weighted by Gasteiger charge is 2.41. The minimum Gasteiger partial charge on any atom is -0.434 e. The van der Waals surface area contributed by atoms with Crippen molar-refractivity contribution < 1.29 is 18.6 Å². The summed E-state index contributed by atoms with van der Waals surface area (Å²) in [6, 6.07) is 6.80. The van der Waals surface area contributed by atoms with E-state index in [1.165, 1.54) is 0 Å². The Kier molecular flexibility index (Phi) is 4.71. The number of benzene rings is 1. The Labute approximate surface area is 111 Å². The molecule has 0 amide bonds. The normalized spacial score (nSPS) is 16.6. The van der Waals surface area contributed by atoms with Crippen LogP contribution in [0.25, 0.3) is 0 Å². The van der Waals surface area contributed by atoms with Gasteiger partial charge in [0.1, 0.15) is 5.75 Å². The molecule has 5 heteroatoms. The van der Waals surface area contributed by atoms with Crippen LogP contribution in [0, 0.1) is 5.41 Å². The third-order valence-electron chi connectivity index (χ3n) is 3.60. The zero-order valence-corrected chi connectivity index (χ0v) is 10.7. The molecule has 0 aliphatic heterocycles. The van der Waals surface area contributed by atoms with Crippen molar-refractivity contribution in [2.45, 2.75) is 32.4 Å². The third-order valence-corrected chi connectivity index (χ3v) is 3.60. The first-order chi connectivity index (χ1) is 9.15. The molecule has 1 saturated carbocycles. The second-order valence-electron chi connectivity index (χ2n) is 5.06. The highest BCUT2D eigenvalue weighted by Crippen LogP contribution is 2.47. The number of ether oxygens (including phenoxy) is 1. The molecule has 1 aliphatic rings. The molecule has 0 heterocycles. The van der Waals surface area contributed by atoms with Gasteiger partial charge in [-0.2, -0.15) is 8.78 Å². The molecule has 19 heavy (non-hydrogen) atoms. The van der Waals surface area contributed by atoms with Crippen LogP contribution in [0.3, 0.4) is 0 Å². The molecule has 0 spiro atoms. The van der Waals surface area contributed by atoms with Gasteiger partial charge in [0.25, 0.3) is 0 Å². The molecule has 0 radical (unpaired) electrons. The zero-order chi connectivity index (χ0) is 13.7. The number of nitrogens with one attached hydrogen (secondary N) is 1. The Morgan fingerprint density at radius 3 is 2.68 bits per heavy atom. The lowest BCUT2D eigenvalue weighted by atomic mass is 10.0. The first-order valence-electron chi connectivity index (χ1n) is 6.49. The number of alkyl halides is 2. The fraction of sp³-hybridized carbons (Fsp3) is 0.571. The first-order valence-corrected chi connectivity index (χ1v) is 6.49. The Bertz CT molecular complexity index is 408.